The molecule has 0 amide bonds. The monoisotopic (exact) mass is 224 g/mol. The van der Waals surface area contributed by atoms with Gasteiger partial charge in [0.25, 0.3) is 0 Å². The summed E-state index contributed by atoms with van der Waals surface area (Å²) in [6, 6.07) is 0. The van der Waals surface area contributed by atoms with E-state index in [1.165, 1.54) is 11.3 Å². The van der Waals surface area contributed by atoms with Crippen LogP contribution >= 0.6 is 12.2 Å². The molecule has 0 saturated carbocycles. The molecule has 84 valence electrons. The van der Waals surface area contributed by atoms with E-state index in [0.29, 0.717) is 11.8 Å². The van der Waals surface area contributed by atoms with Gasteiger partial charge in [0.15, 0.2) is 0 Å². The number of hydrogen-bond acceptors (Lipinski definition) is 2. The van der Waals surface area contributed by atoms with Crippen molar-refractivity contribution >= 4 is 12.2 Å². The zero-order valence-electron chi connectivity index (χ0n) is 10.2. The molecule has 0 saturated heterocycles. The highest BCUT2D eigenvalue weighted by atomic mass is 32.1. The predicted octanol–water partition coefficient (Wildman–Crippen LogP) is 4.08. The van der Waals surface area contributed by atoms with Crippen LogP contribution in [0.2, 0.25) is 0 Å². The van der Waals surface area contributed by atoms with E-state index in [1.807, 2.05) is 0 Å². The molecule has 1 aromatic heterocycles. The van der Waals surface area contributed by atoms with Crippen LogP contribution in [0, 0.1) is 11.6 Å². The van der Waals surface area contributed by atoms with E-state index < -0.39 is 0 Å². The molecular formula is C12H20N2S. The van der Waals surface area contributed by atoms with Gasteiger partial charge in [-0.05, 0) is 19.3 Å². The van der Waals surface area contributed by atoms with Crippen molar-refractivity contribution in [2.75, 3.05) is 0 Å². The number of hydrogen-bond donors (Lipinski definition) is 1. The molecule has 1 aromatic rings. The second-order valence-electron chi connectivity index (χ2n) is 4.43. The van der Waals surface area contributed by atoms with Crippen molar-refractivity contribution in [3.63, 3.8) is 0 Å². The lowest BCUT2D eigenvalue weighted by atomic mass is 10.0. The van der Waals surface area contributed by atoms with Crippen LogP contribution in [0.25, 0.3) is 0 Å². The van der Waals surface area contributed by atoms with Gasteiger partial charge in [-0.3, -0.25) is 0 Å². The molecule has 0 aromatic carbocycles. The minimum absolute atomic E-state index is 0.437. The largest absolute Gasteiger partial charge is 0.347 e. The Labute approximate surface area is 97.1 Å². The normalized spacial score (nSPS) is 13.2. The maximum absolute atomic E-state index is 5.34. The van der Waals surface area contributed by atoms with E-state index in [-0.39, 0.29) is 0 Å². The third kappa shape index (κ3) is 2.65. The summed E-state index contributed by atoms with van der Waals surface area (Å²) < 4.78 is 0.761. The number of aryl methyl sites for hydroxylation is 1. The minimum atomic E-state index is 0.437. The highest BCUT2D eigenvalue weighted by molar-refractivity contribution is 7.71. The Kier molecular flexibility index (Phi) is 4.03. The van der Waals surface area contributed by atoms with Gasteiger partial charge in [-0.25, -0.2) is 4.98 Å². The summed E-state index contributed by atoms with van der Waals surface area (Å²) in [4.78, 5) is 7.86. The van der Waals surface area contributed by atoms with Crippen LogP contribution < -0.4 is 0 Å². The zero-order chi connectivity index (χ0) is 11.6. The Morgan fingerprint density at radius 3 is 2.33 bits per heavy atom. The fourth-order valence-electron chi connectivity index (χ4n) is 1.72. The second-order valence-corrected chi connectivity index (χ2v) is 4.82. The molecule has 0 radical (unpaired) electrons. The highest BCUT2D eigenvalue weighted by Crippen LogP contribution is 2.21. The molecule has 1 atom stereocenters. The van der Waals surface area contributed by atoms with Crippen LogP contribution in [0.4, 0.5) is 0 Å². The molecule has 2 nitrogen and oxygen atoms in total. The Morgan fingerprint density at radius 1 is 1.33 bits per heavy atom. The van der Waals surface area contributed by atoms with Crippen molar-refractivity contribution in [2.24, 2.45) is 0 Å². The number of rotatable bonds is 3. The molecule has 3 heteroatoms. The van der Waals surface area contributed by atoms with Gasteiger partial charge in [-0.1, -0.05) is 39.9 Å². The Hall–Kier alpha value is -0.700. The topological polar surface area (TPSA) is 28.7 Å². The van der Waals surface area contributed by atoms with Gasteiger partial charge in [-0.15, -0.1) is 0 Å². The van der Waals surface area contributed by atoms with Crippen molar-refractivity contribution in [1.29, 1.82) is 0 Å². The summed E-state index contributed by atoms with van der Waals surface area (Å²) in [6.07, 6.45) is 1.08. The maximum atomic E-state index is 5.34. The van der Waals surface area contributed by atoms with Crippen LogP contribution in [0.1, 0.15) is 63.0 Å². The average molecular weight is 224 g/mol. The zero-order valence-corrected chi connectivity index (χ0v) is 11.0. The van der Waals surface area contributed by atoms with Gasteiger partial charge < -0.3 is 4.98 Å². The van der Waals surface area contributed by atoms with Crippen molar-refractivity contribution in [2.45, 2.75) is 52.9 Å². The second kappa shape index (κ2) is 4.88. The molecule has 0 bridgehead atoms. The van der Waals surface area contributed by atoms with Gasteiger partial charge in [0.05, 0.1) is 0 Å². The summed E-state index contributed by atoms with van der Waals surface area (Å²) in [5.74, 6) is 1.91. The number of aromatic amines is 1. The number of H-pyrrole nitrogens is 1. The van der Waals surface area contributed by atoms with E-state index in [4.69, 9.17) is 12.2 Å². The van der Waals surface area contributed by atoms with Crippen molar-refractivity contribution < 1.29 is 0 Å². The third-order valence-electron chi connectivity index (χ3n) is 2.83. The summed E-state index contributed by atoms with van der Waals surface area (Å²) in [5.41, 5.74) is 2.34. The smallest absolute Gasteiger partial charge is 0.133 e. The quantitative estimate of drug-likeness (QED) is 0.784. The van der Waals surface area contributed by atoms with Crippen LogP contribution in [-0.4, -0.2) is 9.97 Å². The van der Waals surface area contributed by atoms with E-state index in [2.05, 4.69) is 44.6 Å². The van der Waals surface area contributed by atoms with E-state index in [0.717, 1.165) is 16.9 Å². The fourth-order valence-corrected chi connectivity index (χ4v) is 2.21. The molecule has 15 heavy (non-hydrogen) atoms. The number of nitrogens with zero attached hydrogens (tertiary/aromatic N) is 1. The first kappa shape index (κ1) is 12.4. The van der Waals surface area contributed by atoms with Crippen LogP contribution in [0.15, 0.2) is 0 Å². The minimum Gasteiger partial charge on any atom is -0.347 e. The fraction of sp³-hybridized carbons (Fsp3) is 0.667. The van der Waals surface area contributed by atoms with Gasteiger partial charge in [0.1, 0.15) is 10.5 Å². The molecule has 0 aliphatic carbocycles. The van der Waals surface area contributed by atoms with Crippen molar-refractivity contribution in [3.8, 4) is 0 Å². The highest BCUT2D eigenvalue weighted by Gasteiger charge is 2.11. The first-order valence-corrected chi connectivity index (χ1v) is 5.98. The van der Waals surface area contributed by atoms with Gasteiger partial charge in [0.2, 0.25) is 0 Å². The summed E-state index contributed by atoms with van der Waals surface area (Å²) in [6.45, 7) is 10.7. The average Bonchev–Trinajstić information content (AvgIpc) is 2.14. The molecule has 1 N–H and O–H groups in total. The Bertz CT molecular complexity index is 393. The summed E-state index contributed by atoms with van der Waals surface area (Å²) in [5, 5.41) is 0. The Balaban J connectivity index is 3.26. The third-order valence-corrected chi connectivity index (χ3v) is 3.14. The first-order chi connectivity index (χ1) is 6.97. The van der Waals surface area contributed by atoms with Crippen LogP contribution in [0.3, 0.4) is 0 Å². The number of aromatic nitrogens is 2. The Morgan fingerprint density at radius 2 is 1.93 bits per heavy atom. The molecule has 1 unspecified atom stereocenters. The predicted molar refractivity (Wildman–Crippen MR) is 67.0 cm³/mol. The lowest BCUT2D eigenvalue weighted by Gasteiger charge is -2.14. The molecule has 1 heterocycles. The van der Waals surface area contributed by atoms with Crippen molar-refractivity contribution in [3.05, 3.63) is 21.7 Å². The van der Waals surface area contributed by atoms with E-state index >= 15 is 0 Å². The molecule has 0 aliphatic rings. The van der Waals surface area contributed by atoms with E-state index in [9.17, 15) is 0 Å². The number of nitrogens with one attached hydrogen (secondary N) is 1. The van der Waals surface area contributed by atoms with Gasteiger partial charge in [0, 0.05) is 17.2 Å². The molecular weight excluding hydrogens is 204 g/mol. The lowest BCUT2D eigenvalue weighted by Crippen LogP contribution is -2.06. The summed E-state index contributed by atoms with van der Waals surface area (Å²) in [7, 11) is 0. The molecule has 0 fully saturated rings. The van der Waals surface area contributed by atoms with Crippen LogP contribution in [-0.2, 0) is 0 Å². The van der Waals surface area contributed by atoms with E-state index in [1.54, 1.807) is 0 Å². The first-order valence-electron chi connectivity index (χ1n) is 5.58. The molecule has 0 aliphatic heterocycles. The van der Waals surface area contributed by atoms with Gasteiger partial charge >= 0.3 is 0 Å². The van der Waals surface area contributed by atoms with Crippen LogP contribution in [0.5, 0.6) is 0 Å². The molecule has 1 rings (SSSR count). The standard InChI is InChI=1S/C12H20N2S/c1-6-8(4)11-13-9(5)10(7(2)3)12(15)14-11/h7-8H,6H2,1-5H3,(H,13,14,15). The maximum Gasteiger partial charge on any atom is 0.133 e. The molecule has 0 spiro atoms. The lowest BCUT2D eigenvalue weighted by molar-refractivity contribution is 0.664. The SMILES string of the molecule is CCC(C)c1nc(=S)c(C(C)C)c(C)[nH]1. The van der Waals surface area contributed by atoms with Crippen molar-refractivity contribution in [1.82, 2.24) is 9.97 Å². The summed E-state index contributed by atoms with van der Waals surface area (Å²) >= 11 is 5.34. The van der Waals surface area contributed by atoms with Gasteiger partial charge in [-0.2, -0.15) is 0 Å².